The van der Waals surface area contributed by atoms with Gasteiger partial charge in [0.15, 0.2) is 0 Å². The summed E-state index contributed by atoms with van der Waals surface area (Å²) in [5.74, 6) is 0.705. The van der Waals surface area contributed by atoms with Gasteiger partial charge in [-0.1, -0.05) is 0 Å². The Bertz CT molecular complexity index is 334. The largest absolute Gasteiger partial charge is 0.381 e. The summed E-state index contributed by atoms with van der Waals surface area (Å²) in [5, 5.41) is 0. The van der Waals surface area contributed by atoms with Crippen LogP contribution in [0, 0.1) is 5.92 Å². The molecule has 0 spiro atoms. The van der Waals surface area contributed by atoms with Gasteiger partial charge in [-0.3, -0.25) is 0 Å². The van der Waals surface area contributed by atoms with Gasteiger partial charge < -0.3 is 15.0 Å². The normalized spacial score (nSPS) is 21.6. The van der Waals surface area contributed by atoms with Gasteiger partial charge in [0.05, 0.1) is 17.6 Å². The molecule has 0 saturated carbocycles. The Labute approximate surface area is 96.8 Å². The first-order valence-corrected chi connectivity index (χ1v) is 5.94. The Morgan fingerprint density at radius 2 is 2.44 bits per heavy atom. The number of imidazole rings is 1. The molecule has 1 atom stereocenters. The predicted molar refractivity (Wildman–Crippen MR) is 63.0 cm³/mol. The van der Waals surface area contributed by atoms with E-state index in [-0.39, 0.29) is 5.54 Å². The SMILES string of the molecule is CC(C)(N)c1cncn1CCC1CCOC1. The van der Waals surface area contributed by atoms with Crippen LogP contribution in [0.5, 0.6) is 0 Å². The molecule has 0 bridgehead atoms. The zero-order valence-electron chi connectivity index (χ0n) is 10.1. The van der Waals surface area contributed by atoms with Crippen molar-refractivity contribution in [3.05, 3.63) is 18.2 Å². The van der Waals surface area contributed by atoms with Crippen LogP contribution in [0.15, 0.2) is 12.5 Å². The van der Waals surface area contributed by atoms with Crippen molar-refractivity contribution in [1.82, 2.24) is 9.55 Å². The van der Waals surface area contributed by atoms with Crippen LogP contribution in [0.3, 0.4) is 0 Å². The number of aryl methyl sites for hydroxylation is 1. The lowest BCUT2D eigenvalue weighted by Gasteiger charge is -2.21. The molecular weight excluding hydrogens is 202 g/mol. The van der Waals surface area contributed by atoms with E-state index in [1.54, 1.807) is 0 Å². The van der Waals surface area contributed by atoms with Gasteiger partial charge >= 0.3 is 0 Å². The lowest BCUT2D eigenvalue weighted by molar-refractivity contribution is 0.183. The average molecular weight is 223 g/mol. The number of rotatable bonds is 4. The van der Waals surface area contributed by atoms with E-state index in [0.29, 0.717) is 5.92 Å². The highest BCUT2D eigenvalue weighted by Crippen LogP contribution is 2.20. The standard InChI is InChI=1S/C12H21N3O/c1-12(2,13)11-7-14-9-15(11)5-3-10-4-6-16-8-10/h7,9-10H,3-6,8,13H2,1-2H3. The lowest BCUT2D eigenvalue weighted by atomic mass is 10.0. The third-order valence-electron chi connectivity index (χ3n) is 3.17. The molecule has 0 amide bonds. The lowest BCUT2D eigenvalue weighted by Crippen LogP contribution is -2.31. The minimum absolute atomic E-state index is 0.317. The maximum absolute atomic E-state index is 6.10. The fourth-order valence-corrected chi connectivity index (χ4v) is 2.17. The Balaban J connectivity index is 1.96. The maximum Gasteiger partial charge on any atom is 0.0948 e. The van der Waals surface area contributed by atoms with Gasteiger partial charge in [-0.15, -0.1) is 0 Å². The van der Waals surface area contributed by atoms with Crippen LogP contribution in [0.2, 0.25) is 0 Å². The van der Waals surface area contributed by atoms with Gasteiger partial charge in [-0.2, -0.15) is 0 Å². The fraction of sp³-hybridized carbons (Fsp3) is 0.750. The van der Waals surface area contributed by atoms with Crippen LogP contribution >= 0.6 is 0 Å². The maximum atomic E-state index is 6.10. The Morgan fingerprint density at radius 1 is 1.62 bits per heavy atom. The molecule has 16 heavy (non-hydrogen) atoms. The fourth-order valence-electron chi connectivity index (χ4n) is 2.17. The molecule has 4 nitrogen and oxygen atoms in total. The van der Waals surface area contributed by atoms with Crippen molar-refractivity contribution in [2.75, 3.05) is 13.2 Å². The molecule has 0 aliphatic carbocycles. The van der Waals surface area contributed by atoms with Gasteiger partial charge in [0, 0.05) is 26.0 Å². The molecule has 1 aromatic heterocycles. The highest BCUT2D eigenvalue weighted by atomic mass is 16.5. The number of ether oxygens (including phenoxy) is 1. The average Bonchev–Trinajstić information content (AvgIpc) is 2.85. The topological polar surface area (TPSA) is 53.1 Å². The van der Waals surface area contributed by atoms with E-state index in [9.17, 15) is 0 Å². The van der Waals surface area contributed by atoms with Crippen molar-refractivity contribution in [3.8, 4) is 0 Å². The number of nitrogens with zero attached hydrogens (tertiary/aromatic N) is 2. The molecule has 1 aromatic rings. The summed E-state index contributed by atoms with van der Waals surface area (Å²) < 4.78 is 7.54. The Hall–Kier alpha value is -0.870. The highest BCUT2D eigenvalue weighted by molar-refractivity contribution is 5.09. The Morgan fingerprint density at radius 3 is 3.06 bits per heavy atom. The summed E-state index contributed by atoms with van der Waals surface area (Å²) in [5.41, 5.74) is 6.89. The monoisotopic (exact) mass is 223 g/mol. The van der Waals surface area contributed by atoms with Crippen LogP contribution in [-0.4, -0.2) is 22.8 Å². The number of hydrogen-bond acceptors (Lipinski definition) is 3. The van der Waals surface area contributed by atoms with Gasteiger partial charge in [-0.25, -0.2) is 4.98 Å². The first-order chi connectivity index (χ1) is 7.57. The second-order valence-corrected chi connectivity index (χ2v) is 5.21. The number of aromatic nitrogens is 2. The minimum atomic E-state index is -0.317. The molecule has 0 aromatic carbocycles. The van der Waals surface area contributed by atoms with Crippen molar-refractivity contribution in [2.24, 2.45) is 11.7 Å². The van der Waals surface area contributed by atoms with E-state index >= 15 is 0 Å². The van der Waals surface area contributed by atoms with Crippen LogP contribution in [-0.2, 0) is 16.8 Å². The van der Waals surface area contributed by atoms with Crippen LogP contribution in [0.4, 0.5) is 0 Å². The smallest absolute Gasteiger partial charge is 0.0948 e. The molecule has 1 saturated heterocycles. The second kappa shape index (κ2) is 4.55. The molecular formula is C12H21N3O. The summed E-state index contributed by atoms with van der Waals surface area (Å²) in [6.07, 6.45) is 6.08. The van der Waals surface area contributed by atoms with E-state index in [0.717, 1.165) is 31.9 Å². The van der Waals surface area contributed by atoms with Crippen LogP contribution in [0.25, 0.3) is 0 Å². The van der Waals surface area contributed by atoms with Gasteiger partial charge in [0.1, 0.15) is 0 Å². The molecule has 4 heteroatoms. The molecule has 90 valence electrons. The first-order valence-electron chi connectivity index (χ1n) is 5.94. The Kier molecular flexibility index (Phi) is 3.30. The molecule has 1 aliphatic heterocycles. The third-order valence-corrected chi connectivity index (χ3v) is 3.17. The summed E-state index contributed by atoms with van der Waals surface area (Å²) >= 11 is 0. The molecule has 1 aliphatic rings. The molecule has 2 N–H and O–H groups in total. The van der Waals surface area contributed by atoms with Crippen molar-refractivity contribution >= 4 is 0 Å². The van der Waals surface area contributed by atoms with E-state index in [1.807, 2.05) is 26.4 Å². The number of hydrogen-bond donors (Lipinski definition) is 1. The second-order valence-electron chi connectivity index (χ2n) is 5.21. The van der Waals surface area contributed by atoms with E-state index in [1.165, 1.54) is 6.42 Å². The minimum Gasteiger partial charge on any atom is -0.381 e. The van der Waals surface area contributed by atoms with E-state index in [4.69, 9.17) is 10.5 Å². The zero-order valence-corrected chi connectivity index (χ0v) is 10.1. The van der Waals surface area contributed by atoms with Crippen molar-refractivity contribution < 1.29 is 4.74 Å². The predicted octanol–water partition coefficient (Wildman–Crippen LogP) is 1.50. The molecule has 2 rings (SSSR count). The van der Waals surface area contributed by atoms with Gasteiger partial charge in [0.2, 0.25) is 0 Å². The van der Waals surface area contributed by atoms with Crippen LogP contribution < -0.4 is 5.73 Å². The quantitative estimate of drug-likeness (QED) is 0.841. The van der Waals surface area contributed by atoms with Crippen LogP contribution in [0.1, 0.15) is 32.4 Å². The molecule has 1 unspecified atom stereocenters. The third kappa shape index (κ3) is 2.62. The summed E-state index contributed by atoms with van der Waals surface area (Å²) in [6.45, 7) is 6.85. The van der Waals surface area contributed by atoms with E-state index in [2.05, 4.69) is 9.55 Å². The molecule has 1 fully saturated rings. The van der Waals surface area contributed by atoms with Gasteiger partial charge in [0.25, 0.3) is 0 Å². The summed E-state index contributed by atoms with van der Waals surface area (Å²) in [4.78, 5) is 4.19. The zero-order chi connectivity index (χ0) is 11.6. The van der Waals surface area contributed by atoms with E-state index < -0.39 is 0 Å². The molecule has 2 heterocycles. The molecule has 0 radical (unpaired) electrons. The van der Waals surface area contributed by atoms with Gasteiger partial charge in [-0.05, 0) is 32.6 Å². The summed E-state index contributed by atoms with van der Waals surface area (Å²) in [6, 6.07) is 0. The summed E-state index contributed by atoms with van der Waals surface area (Å²) in [7, 11) is 0. The first kappa shape index (κ1) is 11.6. The number of nitrogens with two attached hydrogens (primary N) is 1. The highest BCUT2D eigenvalue weighted by Gasteiger charge is 2.20. The van der Waals surface area contributed by atoms with Crippen molar-refractivity contribution in [3.63, 3.8) is 0 Å². The van der Waals surface area contributed by atoms with Crippen molar-refractivity contribution in [2.45, 2.75) is 38.8 Å². The van der Waals surface area contributed by atoms with Crippen molar-refractivity contribution in [1.29, 1.82) is 0 Å².